The molecule has 2 fully saturated rings. The fourth-order valence-corrected chi connectivity index (χ4v) is 1.83. The van der Waals surface area contributed by atoms with Crippen LogP contribution in [0.25, 0.3) is 0 Å². The Morgan fingerprint density at radius 3 is 2.92 bits per heavy atom. The molecule has 1 amide bonds. The van der Waals surface area contributed by atoms with Crippen LogP contribution in [0.4, 0.5) is 0 Å². The number of allylic oxidation sites excluding steroid dienone is 1. The first-order chi connectivity index (χ1) is 5.78. The molecule has 2 aliphatic rings. The van der Waals surface area contributed by atoms with Crippen molar-refractivity contribution in [2.45, 2.75) is 26.2 Å². The molecular weight excluding hydrogens is 150 g/mol. The number of carbonyl (C=O) groups is 1. The molecule has 1 spiro atoms. The molecule has 0 heterocycles. The maximum Gasteiger partial charge on any atom is 0.223 e. The van der Waals surface area contributed by atoms with E-state index < -0.39 is 0 Å². The Bertz CT molecular complexity index is 228. The van der Waals surface area contributed by atoms with Crippen LogP contribution in [0, 0.1) is 11.3 Å². The lowest BCUT2D eigenvalue weighted by Gasteiger charge is -1.99. The summed E-state index contributed by atoms with van der Waals surface area (Å²) in [6.07, 6.45) is 7.65. The van der Waals surface area contributed by atoms with E-state index in [0.717, 1.165) is 6.42 Å². The number of nitrogens with one attached hydrogen (secondary N) is 1. The third kappa shape index (κ3) is 1.26. The third-order valence-corrected chi connectivity index (χ3v) is 3.03. The monoisotopic (exact) mass is 165 g/mol. The summed E-state index contributed by atoms with van der Waals surface area (Å²) in [7, 11) is 0. The van der Waals surface area contributed by atoms with E-state index in [-0.39, 0.29) is 5.91 Å². The van der Waals surface area contributed by atoms with E-state index in [4.69, 9.17) is 0 Å². The highest BCUT2D eigenvalue weighted by molar-refractivity contribution is 5.83. The minimum atomic E-state index is 0.269. The molecule has 0 aliphatic heterocycles. The van der Waals surface area contributed by atoms with E-state index in [1.54, 1.807) is 0 Å². The zero-order valence-electron chi connectivity index (χ0n) is 7.47. The van der Waals surface area contributed by atoms with Gasteiger partial charge in [-0.05, 0) is 31.6 Å². The van der Waals surface area contributed by atoms with Crippen LogP contribution in [0.1, 0.15) is 26.2 Å². The second kappa shape index (κ2) is 2.61. The van der Waals surface area contributed by atoms with Crippen molar-refractivity contribution in [1.82, 2.24) is 5.32 Å². The molecule has 0 aromatic rings. The van der Waals surface area contributed by atoms with Crippen LogP contribution in [-0.2, 0) is 4.79 Å². The maximum absolute atomic E-state index is 11.4. The lowest BCUT2D eigenvalue weighted by molar-refractivity contribution is -0.122. The standard InChI is InChI=1S/C10H15NO/c1-2-3-6-11-9(12)8-7-10(8)4-5-10/h2-3,8H,4-7H2,1H3,(H,11,12)/b3-2+. The average molecular weight is 165 g/mol. The minimum Gasteiger partial charge on any atom is -0.352 e. The van der Waals surface area contributed by atoms with Gasteiger partial charge < -0.3 is 5.32 Å². The number of rotatable bonds is 3. The number of amides is 1. The van der Waals surface area contributed by atoms with E-state index in [1.807, 2.05) is 19.1 Å². The molecule has 2 nitrogen and oxygen atoms in total. The summed E-state index contributed by atoms with van der Waals surface area (Å²) in [5.74, 6) is 0.633. The molecular formula is C10H15NO. The zero-order chi connectivity index (χ0) is 8.60. The van der Waals surface area contributed by atoms with Crippen LogP contribution in [-0.4, -0.2) is 12.5 Å². The molecule has 1 unspecified atom stereocenters. The predicted molar refractivity (Wildman–Crippen MR) is 47.6 cm³/mol. The van der Waals surface area contributed by atoms with Gasteiger partial charge in [0, 0.05) is 12.5 Å². The van der Waals surface area contributed by atoms with E-state index in [1.165, 1.54) is 12.8 Å². The second-order valence-corrected chi connectivity index (χ2v) is 3.93. The molecule has 1 atom stereocenters. The summed E-state index contributed by atoms with van der Waals surface area (Å²) in [5.41, 5.74) is 0.500. The second-order valence-electron chi connectivity index (χ2n) is 3.93. The molecule has 12 heavy (non-hydrogen) atoms. The van der Waals surface area contributed by atoms with Gasteiger partial charge in [0.1, 0.15) is 0 Å². The van der Waals surface area contributed by atoms with Gasteiger partial charge in [0.25, 0.3) is 0 Å². The SMILES string of the molecule is C/C=C/CNC(=O)C1CC12CC2. The molecule has 0 saturated heterocycles. The lowest BCUT2D eigenvalue weighted by atomic mass is 10.3. The van der Waals surface area contributed by atoms with Gasteiger partial charge in [-0.1, -0.05) is 12.2 Å². The zero-order valence-corrected chi connectivity index (χ0v) is 7.47. The summed E-state index contributed by atoms with van der Waals surface area (Å²) in [6, 6.07) is 0. The van der Waals surface area contributed by atoms with Crippen LogP contribution >= 0.6 is 0 Å². The minimum absolute atomic E-state index is 0.269. The highest BCUT2D eigenvalue weighted by Gasteiger charge is 2.65. The van der Waals surface area contributed by atoms with Gasteiger partial charge in [-0.15, -0.1) is 0 Å². The van der Waals surface area contributed by atoms with Crippen molar-refractivity contribution in [2.24, 2.45) is 11.3 Å². The summed E-state index contributed by atoms with van der Waals surface area (Å²) >= 11 is 0. The van der Waals surface area contributed by atoms with Crippen LogP contribution in [0.2, 0.25) is 0 Å². The van der Waals surface area contributed by atoms with Crippen LogP contribution < -0.4 is 5.32 Å². The molecule has 2 saturated carbocycles. The van der Waals surface area contributed by atoms with Crippen LogP contribution in [0.3, 0.4) is 0 Å². The number of hydrogen-bond acceptors (Lipinski definition) is 1. The summed E-state index contributed by atoms with van der Waals surface area (Å²) in [6.45, 7) is 2.66. The first-order valence-electron chi connectivity index (χ1n) is 4.67. The Kier molecular flexibility index (Phi) is 1.71. The maximum atomic E-state index is 11.4. The van der Waals surface area contributed by atoms with Gasteiger partial charge in [-0.3, -0.25) is 4.79 Å². The molecule has 2 aliphatic carbocycles. The number of carbonyl (C=O) groups excluding carboxylic acids is 1. The molecule has 2 heteroatoms. The Morgan fingerprint density at radius 1 is 1.67 bits per heavy atom. The van der Waals surface area contributed by atoms with Gasteiger partial charge in [0.15, 0.2) is 0 Å². The van der Waals surface area contributed by atoms with Crippen molar-refractivity contribution in [2.75, 3.05) is 6.54 Å². The fourth-order valence-electron chi connectivity index (χ4n) is 1.83. The Hall–Kier alpha value is -0.790. The largest absolute Gasteiger partial charge is 0.352 e. The highest BCUT2D eigenvalue weighted by Crippen LogP contribution is 2.70. The van der Waals surface area contributed by atoms with Gasteiger partial charge in [0.05, 0.1) is 0 Å². The Labute approximate surface area is 73.0 Å². The smallest absolute Gasteiger partial charge is 0.223 e. The molecule has 0 aromatic heterocycles. The Morgan fingerprint density at radius 2 is 2.42 bits per heavy atom. The normalized spacial score (nSPS) is 29.2. The summed E-state index contributed by atoms with van der Waals surface area (Å²) in [5, 5.41) is 2.92. The third-order valence-electron chi connectivity index (χ3n) is 3.03. The first-order valence-corrected chi connectivity index (χ1v) is 4.67. The van der Waals surface area contributed by atoms with Gasteiger partial charge in [0.2, 0.25) is 5.91 Å². The van der Waals surface area contributed by atoms with Crippen molar-refractivity contribution < 1.29 is 4.79 Å². The van der Waals surface area contributed by atoms with E-state index in [9.17, 15) is 4.79 Å². The van der Waals surface area contributed by atoms with Crippen LogP contribution in [0.5, 0.6) is 0 Å². The van der Waals surface area contributed by atoms with E-state index in [2.05, 4.69) is 5.32 Å². The number of hydrogen-bond donors (Lipinski definition) is 1. The quantitative estimate of drug-likeness (QED) is 0.630. The molecule has 66 valence electrons. The molecule has 2 rings (SSSR count). The van der Waals surface area contributed by atoms with Crippen molar-refractivity contribution in [3.8, 4) is 0 Å². The van der Waals surface area contributed by atoms with Crippen molar-refractivity contribution in [1.29, 1.82) is 0 Å². The van der Waals surface area contributed by atoms with Crippen molar-refractivity contribution in [3.63, 3.8) is 0 Å². The molecule has 0 radical (unpaired) electrons. The van der Waals surface area contributed by atoms with Crippen molar-refractivity contribution in [3.05, 3.63) is 12.2 Å². The first kappa shape index (κ1) is 7.84. The summed E-state index contributed by atoms with van der Waals surface area (Å²) < 4.78 is 0. The molecule has 0 bridgehead atoms. The van der Waals surface area contributed by atoms with Crippen molar-refractivity contribution >= 4 is 5.91 Å². The van der Waals surface area contributed by atoms with Gasteiger partial charge in [-0.2, -0.15) is 0 Å². The predicted octanol–water partition coefficient (Wildman–Crippen LogP) is 1.48. The van der Waals surface area contributed by atoms with Gasteiger partial charge in [-0.25, -0.2) is 0 Å². The van der Waals surface area contributed by atoms with E-state index >= 15 is 0 Å². The summed E-state index contributed by atoms with van der Waals surface area (Å²) in [4.78, 5) is 11.4. The van der Waals surface area contributed by atoms with Crippen LogP contribution in [0.15, 0.2) is 12.2 Å². The Balaban J connectivity index is 1.71. The highest BCUT2D eigenvalue weighted by atomic mass is 16.2. The fraction of sp³-hybridized carbons (Fsp3) is 0.700. The lowest BCUT2D eigenvalue weighted by Crippen LogP contribution is -2.25. The molecule has 1 N–H and O–H groups in total. The average Bonchev–Trinajstić information content (AvgIpc) is 2.94. The van der Waals surface area contributed by atoms with Gasteiger partial charge >= 0.3 is 0 Å². The topological polar surface area (TPSA) is 29.1 Å². The van der Waals surface area contributed by atoms with E-state index in [0.29, 0.717) is 17.9 Å². The molecule has 0 aromatic carbocycles.